The number of rotatable bonds is 4. The smallest absolute Gasteiger partial charge is 0.255 e. The summed E-state index contributed by atoms with van der Waals surface area (Å²) in [6.45, 7) is 6.01. The molecule has 146 valence electrons. The molecule has 0 aliphatic carbocycles. The number of hydrogen-bond donors (Lipinski definition) is 5. The number of hydrogen-bond acceptors (Lipinski definition) is 5. The molecule has 8 nitrogen and oxygen atoms in total. The van der Waals surface area contributed by atoms with Crippen molar-refractivity contribution < 1.29 is 9.90 Å². The van der Waals surface area contributed by atoms with Crippen LogP contribution in [0, 0.1) is 16.2 Å². The summed E-state index contributed by atoms with van der Waals surface area (Å²) in [6.07, 6.45) is 2.11. The van der Waals surface area contributed by atoms with Crippen molar-refractivity contribution in [2.24, 2.45) is 5.41 Å². The molecule has 3 rings (SSSR count). The number of pyridine rings is 1. The maximum atomic E-state index is 12.5. The highest BCUT2D eigenvalue weighted by molar-refractivity contribution is 5.95. The number of aromatic nitrogens is 3. The Morgan fingerprint density at radius 1 is 1.32 bits per heavy atom. The molecule has 0 aliphatic rings. The number of imidazole rings is 1. The number of benzene rings is 1. The number of phenolic OH excluding ortho intramolecular Hbond substituents is 1. The standard InChI is InChI=1S/C20H24N6O2/c1-20(2,3)19(22)26-10-4-5-13(17(26)21)18(28)23-9-8-16-24-14-7-6-12(27)11-15(14)25-16/h4-7,10-11,21-22,27H,8-9H2,1-3H3,(H,23,28)(H,24,25). The third-order valence-electron chi connectivity index (χ3n) is 4.35. The SMILES string of the molecule is CC(C)(C)C(=N)n1cccc(C(=O)NCCc2nc3ccc(O)cc3[nH]2)c1=N. The predicted molar refractivity (Wildman–Crippen MR) is 107 cm³/mol. The van der Waals surface area contributed by atoms with E-state index in [0.717, 1.165) is 11.0 Å². The van der Waals surface area contributed by atoms with Crippen LogP contribution >= 0.6 is 0 Å². The topological polar surface area (TPSA) is 131 Å². The van der Waals surface area contributed by atoms with Gasteiger partial charge in [0.05, 0.1) is 16.6 Å². The quantitative estimate of drug-likeness (QED) is 0.352. The van der Waals surface area contributed by atoms with Crippen LogP contribution in [0.25, 0.3) is 11.0 Å². The zero-order chi connectivity index (χ0) is 20.5. The van der Waals surface area contributed by atoms with Crippen LogP contribution in [-0.2, 0) is 6.42 Å². The van der Waals surface area contributed by atoms with Gasteiger partial charge in [-0.2, -0.15) is 0 Å². The summed E-state index contributed by atoms with van der Waals surface area (Å²) in [5.41, 5.74) is 1.24. The largest absolute Gasteiger partial charge is 0.508 e. The second-order valence-corrected chi connectivity index (χ2v) is 7.63. The average molecular weight is 380 g/mol. The Bertz CT molecular complexity index is 1100. The lowest BCUT2D eigenvalue weighted by molar-refractivity contribution is 0.0951. The summed E-state index contributed by atoms with van der Waals surface area (Å²) in [6, 6.07) is 8.14. The molecular weight excluding hydrogens is 356 g/mol. The first kappa shape index (κ1) is 19.3. The van der Waals surface area contributed by atoms with E-state index in [4.69, 9.17) is 10.8 Å². The van der Waals surface area contributed by atoms with E-state index in [1.54, 1.807) is 36.5 Å². The number of H-pyrrole nitrogens is 1. The van der Waals surface area contributed by atoms with Crippen LogP contribution in [0.3, 0.4) is 0 Å². The van der Waals surface area contributed by atoms with Crippen molar-refractivity contribution in [3.8, 4) is 5.75 Å². The van der Waals surface area contributed by atoms with Gasteiger partial charge in [-0.25, -0.2) is 4.98 Å². The second-order valence-electron chi connectivity index (χ2n) is 7.63. The van der Waals surface area contributed by atoms with E-state index in [-0.39, 0.29) is 28.5 Å². The van der Waals surface area contributed by atoms with Gasteiger partial charge in [-0.1, -0.05) is 20.8 Å². The average Bonchev–Trinajstić information content (AvgIpc) is 3.02. The molecule has 5 N–H and O–H groups in total. The number of carbonyl (C=O) groups is 1. The highest BCUT2D eigenvalue weighted by atomic mass is 16.3. The zero-order valence-electron chi connectivity index (χ0n) is 16.1. The van der Waals surface area contributed by atoms with E-state index in [1.807, 2.05) is 20.8 Å². The van der Waals surface area contributed by atoms with Crippen molar-refractivity contribution in [1.82, 2.24) is 19.9 Å². The molecule has 0 spiro atoms. The molecule has 0 saturated carbocycles. The minimum Gasteiger partial charge on any atom is -0.508 e. The molecule has 2 aromatic heterocycles. The number of carbonyl (C=O) groups excluding carboxylic acids is 1. The Labute approximate surface area is 162 Å². The molecule has 0 saturated heterocycles. The molecule has 1 amide bonds. The van der Waals surface area contributed by atoms with Gasteiger partial charge in [-0.3, -0.25) is 20.2 Å². The summed E-state index contributed by atoms with van der Waals surface area (Å²) in [7, 11) is 0. The van der Waals surface area contributed by atoms with Gasteiger partial charge in [-0.15, -0.1) is 0 Å². The van der Waals surface area contributed by atoms with E-state index in [0.29, 0.717) is 18.8 Å². The summed E-state index contributed by atoms with van der Waals surface area (Å²) < 4.78 is 1.42. The molecule has 0 radical (unpaired) electrons. The van der Waals surface area contributed by atoms with E-state index in [1.165, 1.54) is 4.57 Å². The summed E-state index contributed by atoms with van der Waals surface area (Å²) >= 11 is 0. The van der Waals surface area contributed by atoms with Gasteiger partial charge >= 0.3 is 0 Å². The first-order valence-electron chi connectivity index (χ1n) is 8.98. The molecule has 8 heteroatoms. The molecular formula is C20H24N6O2. The fourth-order valence-electron chi connectivity index (χ4n) is 2.80. The van der Waals surface area contributed by atoms with Gasteiger partial charge < -0.3 is 15.4 Å². The van der Waals surface area contributed by atoms with Crippen molar-refractivity contribution in [3.63, 3.8) is 0 Å². The van der Waals surface area contributed by atoms with E-state index in [2.05, 4.69) is 15.3 Å². The third kappa shape index (κ3) is 3.95. The number of aromatic amines is 1. The second kappa shape index (κ2) is 7.30. The van der Waals surface area contributed by atoms with Gasteiger partial charge in [-0.05, 0) is 24.3 Å². The molecule has 0 aliphatic heterocycles. The minimum atomic E-state index is -0.439. The first-order chi connectivity index (χ1) is 13.2. The fourth-order valence-corrected chi connectivity index (χ4v) is 2.80. The van der Waals surface area contributed by atoms with Gasteiger partial charge in [0.15, 0.2) is 0 Å². The predicted octanol–water partition coefficient (Wildman–Crippen LogP) is 2.39. The van der Waals surface area contributed by atoms with Crippen LogP contribution in [-0.4, -0.2) is 37.9 Å². The maximum absolute atomic E-state index is 12.5. The monoisotopic (exact) mass is 380 g/mol. The Balaban J connectivity index is 1.69. The van der Waals surface area contributed by atoms with Crippen LogP contribution in [0.5, 0.6) is 5.75 Å². The lowest BCUT2D eigenvalue weighted by Crippen LogP contribution is -2.39. The molecule has 0 atom stereocenters. The first-order valence-corrected chi connectivity index (χ1v) is 8.98. The highest BCUT2D eigenvalue weighted by Gasteiger charge is 2.20. The zero-order valence-corrected chi connectivity index (χ0v) is 16.1. The molecule has 0 unspecified atom stereocenters. The third-order valence-corrected chi connectivity index (χ3v) is 4.35. The van der Waals surface area contributed by atoms with E-state index in [9.17, 15) is 9.90 Å². The lowest BCUT2D eigenvalue weighted by atomic mass is 9.94. The van der Waals surface area contributed by atoms with Gasteiger partial charge in [0.1, 0.15) is 22.9 Å². The molecule has 2 heterocycles. The van der Waals surface area contributed by atoms with Gasteiger partial charge in [0.25, 0.3) is 5.91 Å². The van der Waals surface area contributed by atoms with Gasteiger partial charge in [0.2, 0.25) is 0 Å². The molecule has 3 aromatic rings. The van der Waals surface area contributed by atoms with Crippen LogP contribution in [0.4, 0.5) is 0 Å². The summed E-state index contributed by atoms with van der Waals surface area (Å²) in [5.74, 6) is 0.745. The lowest BCUT2D eigenvalue weighted by Gasteiger charge is -2.22. The Kier molecular flexibility index (Phi) is 5.04. The molecule has 1 aromatic carbocycles. The van der Waals surface area contributed by atoms with Crippen molar-refractivity contribution in [3.05, 3.63) is 53.4 Å². The molecule has 0 fully saturated rings. The van der Waals surface area contributed by atoms with Gasteiger partial charge in [0, 0.05) is 30.6 Å². The number of nitrogens with one attached hydrogen (secondary N) is 4. The van der Waals surface area contributed by atoms with E-state index >= 15 is 0 Å². The number of phenols is 1. The van der Waals surface area contributed by atoms with Crippen molar-refractivity contribution in [1.29, 1.82) is 10.8 Å². The Hall–Kier alpha value is -3.42. The Morgan fingerprint density at radius 2 is 2.07 bits per heavy atom. The van der Waals surface area contributed by atoms with Crippen molar-refractivity contribution in [2.45, 2.75) is 27.2 Å². The Morgan fingerprint density at radius 3 is 2.79 bits per heavy atom. The van der Waals surface area contributed by atoms with E-state index < -0.39 is 5.41 Å². The number of aromatic hydroxyl groups is 1. The van der Waals surface area contributed by atoms with Crippen LogP contribution in [0.15, 0.2) is 36.5 Å². The van der Waals surface area contributed by atoms with Crippen LogP contribution < -0.4 is 10.8 Å². The fraction of sp³-hybridized carbons (Fsp3) is 0.300. The van der Waals surface area contributed by atoms with Crippen molar-refractivity contribution in [2.75, 3.05) is 6.54 Å². The molecule has 0 bridgehead atoms. The van der Waals surface area contributed by atoms with Crippen molar-refractivity contribution >= 4 is 22.8 Å². The molecule has 28 heavy (non-hydrogen) atoms. The number of nitrogens with zero attached hydrogens (tertiary/aromatic N) is 2. The minimum absolute atomic E-state index is 0.0147. The highest BCUT2D eigenvalue weighted by Crippen LogP contribution is 2.18. The van der Waals surface area contributed by atoms with Crippen LogP contribution in [0.1, 0.15) is 37.0 Å². The summed E-state index contributed by atoms with van der Waals surface area (Å²) in [5, 5.41) is 28.9. The normalized spacial score (nSPS) is 11.5. The maximum Gasteiger partial charge on any atom is 0.255 e. The number of fused-ring (bicyclic) bond motifs is 1. The number of amides is 1. The summed E-state index contributed by atoms with van der Waals surface area (Å²) in [4.78, 5) is 20.0. The van der Waals surface area contributed by atoms with Crippen LogP contribution in [0.2, 0.25) is 0 Å².